The molecule has 0 radical (unpaired) electrons. The fourth-order valence-corrected chi connectivity index (χ4v) is 3.35. The molecule has 0 unspecified atom stereocenters. The standard InChI is InChI=1S/C20H15F4N7O2/c1-30(20(32)33)16-17(25)27-19(28-18(16)26)31-14-5-2-8(21)6-10(14)13(29-31)7-9-11(22)3-4-12(23)15(9)24/h2-6H,7H2,1H3,(H,32,33)(H4,25,26,27,28). The summed E-state index contributed by atoms with van der Waals surface area (Å²) in [5.74, 6) is -5.05. The molecule has 2 aromatic heterocycles. The second-order valence-electron chi connectivity index (χ2n) is 7.00. The number of nitrogens with two attached hydrogens (primary N) is 2. The van der Waals surface area contributed by atoms with Crippen LogP contribution in [-0.2, 0) is 6.42 Å². The molecule has 2 heterocycles. The third kappa shape index (κ3) is 3.73. The monoisotopic (exact) mass is 461 g/mol. The van der Waals surface area contributed by atoms with Gasteiger partial charge in [-0.25, -0.2) is 22.4 Å². The summed E-state index contributed by atoms with van der Waals surface area (Å²) in [7, 11) is 1.19. The van der Waals surface area contributed by atoms with Crippen molar-refractivity contribution in [3.63, 3.8) is 0 Å². The predicted molar refractivity (Wildman–Crippen MR) is 111 cm³/mol. The van der Waals surface area contributed by atoms with E-state index in [1.807, 2.05) is 0 Å². The molecule has 5 N–H and O–H groups in total. The van der Waals surface area contributed by atoms with Gasteiger partial charge in [0, 0.05) is 24.4 Å². The number of anilines is 3. The average Bonchev–Trinajstić information content (AvgIpc) is 3.10. The minimum absolute atomic E-state index is 0.000346. The summed E-state index contributed by atoms with van der Waals surface area (Å²) in [6.07, 6.45) is -1.86. The maximum atomic E-state index is 14.2. The first-order chi connectivity index (χ1) is 15.6. The van der Waals surface area contributed by atoms with Crippen LogP contribution in [0.2, 0.25) is 0 Å². The molecule has 9 nitrogen and oxygen atoms in total. The van der Waals surface area contributed by atoms with Crippen molar-refractivity contribution >= 4 is 34.3 Å². The van der Waals surface area contributed by atoms with Crippen molar-refractivity contribution in [1.82, 2.24) is 19.7 Å². The molecule has 0 spiro atoms. The van der Waals surface area contributed by atoms with Crippen LogP contribution in [0.4, 0.5) is 39.7 Å². The molecule has 0 bridgehead atoms. The Kier molecular flexibility index (Phi) is 5.24. The lowest BCUT2D eigenvalue weighted by molar-refractivity contribution is 0.203. The second-order valence-corrected chi connectivity index (χ2v) is 7.00. The molecule has 33 heavy (non-hydrogen) atoms. The van der Waals surface area contributed by atoms with Crippen LogP contribution in [0, 0.1) is 23.3 Å². The van der Waals surface area contributed by atoms with Gasteiger partial charge in [-0.1, -0.05) is 0 Å². The van der Waals surface area contributed by atoms with Crippen LogP contribution in [0.1, 0.15) is 11.3 Å². The number of carboxylic acid groups (broad SMARTS) is 1. The largest absolute Gasteiger partial charge is 0.465 e. The number of fused-ring (bicyclic) bond motifs is 1. The maximum absolute atomic E-state index is 14.2. The summed E-state index contributed by atoms with van der Waals surface area (Å²) in [6, 6.07) is 4.96. The Morgan fingerprint density at radius 2 is 1.70 bits per heavy atom. The lowest BCUT2D eigenvalue weighted by Gasteiger charge is -2.17. The molecule has 2 aromatic carbocycles. The normalized spacial score (nSPS) is 11.2. The fourth-order valence-electron chi connectivity index (χ4n) is 3.35. The zero-order valence-electron chi connectivity index (χ0n) is 16.9. The fraction of sp³-hybridized carbons (Fsp3) is 0.100. The summed E-state index contributed by atoms with van der Waals surface area (Å²) < 4.78 is 57.1. The summed E-state index contributed by atoms with van der Waals surface area (Å²) in [6.45, 7) is 0. The van der Waals surface area contributed by atoms with Crippen LogP contribution < -0.4 is 16.4 Å². The van der Waals surface area contributed by atoms with E-state index in [4.69, 9.17) is 16.6 Å². The predicted octanol–water partition coefficient (Wildman–Crippen LogP) is 3.24. The van der Waals surface area contributed by atoms with Gasteiger partial charge < -0.3 is 16.6 Å². The number of rotatable bonds is 4. The lowest BCUT2D eigenvalue weighted by atomic mass is 10.1. The molecule has 4 aromatic rings. The molecule has 4 rings (SSSR count). The first-order valence-electron chi connectivity index (χ1n) is 9.28. The Hall–Kier alpha value is -4.42. The minimum Gasteiger partial charge on any atom is -0.465 e. The van der Waals surface area contributed by atoms with E-state index >= 15 is 0 Å². The number of benzene rings is 2. The highest BCUT2D eigenvalue weighted by molar-refractivity contribution is 5.93. The van der Waals surface area contributed by atoms with Crippen molar-refractivity contribution in [3.05, 3.63) is 64.9 Å². The average molecular weight is 461 g/mol. The van der Waals surface area contributed by atoms with Crippen LogP contribution in [0.3, 0.4) is 0 Å². The van der Waals surface area contributed by atoms with Crippen LogP contribution in [0.25, 0.3) is 16.9 Å². The smallest absolute Gasteiger partial charge is 0.411 e. The van der Waals surface area contributed by atoms with Gasteiger partial charge in [-0.3, -0.25) is 4.90 Å². The van der Waals surface area contributed by atoms with E-state index in [0.29, 0.717) is 6.07 Å². The highest BCUT2D eigenvalue weighted by Crippen LogP contribution is 2.30. The van der Waals surface area contributed by atoms with E-state index in [1.54, 1.807) is 0 Å². The SMILES string of the molecule is CN(C(=O)O)c1c(N)nc(-n2nc(Cc3c(F)ccc(F)c3F)c3cc(F)ccc32)nc1N. The number of halogens is 4. The van der Waals surface area contributed by atoms with Gasteiger partial charge in [0.1, 0.15) is 17.3 Å². The summed E-state index contributed by atoms with van der Waals surface area (Å²) >= 11 is 0. The van der Waals surface area contributed by atoms with E-state index in [0.717, 1.165) is 27.8 Å². The van der Waals surface area contributed by atoms with Gasteiger partial charge in [0.25, 0.3) is 5.95 Å². The van der Waals surface area contributed by atoms with Crippen molar-refractivity contribution in [2.45, 2.75) is 6.42 Å². The van der Waals surface area contributed by atoms with Crippen molar-refractivity contribution in [2.75, 3.05) is 23.4 Å². The van der Waals surface area contributed by atoms with Crippen LogP contribution in [-0.4, -0.2) is 38.0 Å². The van der Waals surface area contributed by atoms with E-state index in [-0.39, 0.29) is 39.9 Å². The second kappa shape index (κ2) is 7.93. The van der Waals surface area contributed by atoms with Crippen molar-refractivity contribution < 1.29 is 27.5 Å². The number of hydrogen-bond acceptors (Lipinski definition) is 6. The summed E-state index contributed by atoms with van der Waals surface area (Å²) in [5.41, 5.74) is 11.2. The number of aromatic nitrogens is 4. The summed E-state index contributed by atoms with van der Waals surface area (Å²) in [5, 5.41) is 13.5. The maximum Gasteiger partial charge on any atom is 0.411 e. The third-order valence-electron chi connectivity index (χ3n) is 4.94. The number of nitrogens with zero attached hydrogens (tertiary/aromatic N) is 5. The van der Waals surface area contributed by atoms with Gasteiger partial charge in [-0.05, 0) is 30.3 Å². The first-order valence-corrected chi connectivity index (χ1v) is 9.28. The summed E-state index contributed by atoms with van der Waals surface area (Å²) in [4.78, 5) is 20.0. The Labute approximate surface area is 182 Å². The van der Waals surface area contributed by atoms with E-state index in [2.05, 4.69) is 15.1 Å². The van der Waals surface area contributed by atoms with Crippen molar-refractivity contribution in [2.24, 2.45) is 0 Å². The molecule has 0 fully saturated rings. The highest BCUT2D eigenvalue weighted by Gasteiger charge is 2.23. The molecule has 0 aliphatic heterocycles. The number of hydrogen-bond donors (Lipinski definition) is 3. The van der Waals surface area contributed by atoms with Crippen LogP contribution >= 0.6 is 0 Å². The van der Waals surface area contributed by atoms with Crippen LogP contribution in [0.15, 0.2) is 30.3 Å². The number of nitrogen functional groups attached to an aromatic ring is 2. The zero-order chi connectivity index (χ0) is 24.0. The van der Waals surface area contributed by atoms with Crippen molar-refractivity contribution in [3.8, 4) is 5.95 Å². The Morgan fingerprint density at radius 1 is 1.06 bits per heavy atom. The third-order valence-corrected chi connectivity index (χ3v) is 4.94. The van der Waals surface area contributed by atoms with E-state index < -0.39 is 41.3 Å². The molecule has 170 valence electrons. The van der Waals surface area contributed by atoms with Gasteiger partial charge in [-0.15, -0.1) is 0 Å². The van der Waals surface area contributed by atoms with Crippen molar-refractivity contribution in [1.29, 1.82) is 0 Å². The van der Waals surface area contributed by atoms with Gasteiger partial charge >= 0.3 is 6.09 Å². The minimum atomic E-state index is -1.39. The Bertz CT molecular complexity index is 1400. The molecule has 0 saturated carbocycles. The molecular formula is C20H15F4N7O2. The molecular weight excluding hydrogens is 446 g/mol. The van der Waals surface area contributed by atoms with Gasteiger partial charge in [0.2, 0.25) is 0 Å². The van der Waals surface area contributed by atoms with E-state index in [9.17, 15) is 22.4 Å². The lowest BCUT2D eigenvalue weighted by Crippen LogP contribution is -2.27. The molecule has 13 heteroatoms. The quantitative estimate of drug-likeness (QED) is 0.314. The molecule has 1 amide bonds. The Balaban J connectivity index is 1.89. The Morgan fingerprint density at radius 3 is 2.33 bits per heavy atom. The molecule has 0 aliphatic rings. The highest BCUT2D eigenvalue weighted by atomic mass is 19.2. The van der Waals surface area contributed by atoms with E-state index in [1.165, 1.54) is 13.1 Å². The first kappa shape index (κ1) is 21.8. The van der Waals surface area contributed by atoms with Gasteiger partial charge in [0.15, 0.2) is 23.3 Å². The molecule has 0 atom stereocenters. The zero-order valence-corrected chi connectivity index (χ0v) is 16.9. The van der Waals surface area contributed by atoms with Gasteiger partial charge in [-0.2, -0.15) is 19.7 Å². The van der Waals surface area contributed by atoms with Crippen LogP contribution in [0.5, 0.6) is 0 Å². The molecule has 0 saturated heterocycles. The number of amides is 1. The van der Waals surface area contributed by atoms with Gasteiger partial charge in [0.05, 0.1) is 11.2 Å². The molecule has 0 aliphatic carbocycles. The number of carbonyl (C=O) groups is 1. The topological polar surface area (TPSA) is 136 Å².